The second-order valence-electron chi connectivity index (χ2n) is 21.4. The number of likely N-dealkylation sites (N-methyl/N-ethyl adjacent to an activating group) is 1. The highest BCUT2D eigenvalue weighted by molar-refractivity contribution is 7.45. The van der Waals surface area contributed by atoms with Crippen LogP contribution >= 0.6 is 7.82 Å². The van der Waals surface area contributed by atoms with E-state index in [-0.39, 0.29) is 32.0 Å². The SMILES string of the molecule is CCCCCCC/C=C\C/C=C\C/C=C\CCCCCCCCCCCCCCCCCCCCC(=O)OC(COC(=O)CCCCCCCCCCCCCCC)COP(=O)([O-])OCC[N+](C)(C)C. The fourth-order valence-electron chi connectivity index (χ4n) is 8.55. The van der Waals surface area contributed by atoms with Crippen LogP contribution in [-0.4, -0.2) is 70.0 Å². The molecule has 0 aliphatic rings. The summed E-state index contributed by atoms with van der Waals surface area (Å²) in [4.78, 5) is 37.8. The van der Waals surface area contributed by atoms with Crippen LogP contribution in [0.15, 0.2) is 36.5 Å². The van der Waals surface area contributed by atoms with Crippen molar-refractivity contribution in [2.24, 2.45) is 0 Å². The highest BCUT2D eigenvalue weighted by atomic mass is 31.2. The van der Waals surface area contributed by atoms with Gasteiger partial charge < -0.3 is 27.9 Å². The zero-order chi connectivity index (χ0) is 51.3. The lowest BCUT2D eigenvalue weighted by molar-refractivity contribution is -0.870. The van der Waals surface area contributed by atoms with E-state index in [0.717, 1.165) is 44.9 Å². The third-order valence-electron chi connectivity index (χ3n) is 13.2. The lowest BCUT2D eigenvalue weighted by Crippen LogP contribution is -2.37. The average molecular weight is 1010 g/mol. The van der Waals surface area contributed by atoms with Crippen LogP contribution < -0.4 is 4.89 Å². The maximum atomic E-state index is 12.8. The van der Waals surface area contributed by atoms with Gasteiger partial charge in [0.1, 0.15) is 19.8 Å². The minimum atomic E-state index is -4.63. The Morgan fingerprint density at radius 2 is 0.771 bits per heavy atom. The number of phosphoric ester groups is 1. The van der Waals surface area contributed by atoms with Gasteiger partial charge in [0.2, 0.25) is 0 Å². The number of esters is 2. The quantitative estimate of drug-likeness (QED) is 0.0195. The number of hydrogen-bond donors (Lipinski definition) is 0. The van der Waals surface area contributed by atoms with E-state index >= 15 is 0 Å². The molecule has 0 fully saturated rings. The van der Waals surface area contributed by atoms with Crippen molar-refractivity contribution in [1.29, 1.82) is 0 Å². The number of quaternary nitrogens is 1. The predicted molar refractivity (Wildman–Crippen MR) is 296 cm³/mol. The van der Waals surface area contributed by atoms with Gasteiger partial charge in [0, 0.05) is 12.8 Å². The topological polar surface area (TPSA) is 111 Å². The van der Waals surface area contributed by atoms with Crippen LogP contribution in [0.2, 0.25) is 0 Å². The summed E-state index contributed by atoms with van der Waals surface area (Å²) in [5.41, 5.74) is 0. The molecule has 2 atom stereocenters. The summed E-state index contributed by atoms with van der Waals surface area (Å²) < 4.78 is 34.1. The summed E-state index contributed by atoms with van der Waals surface area (Å²) in [7, 11) is 1.18. The average Bonchev–Trinajstić information content (AvgIpc) is 3.32. The van der Waals surface area contributed by atoms with Crippen molar-refractivity contribution in [3.63, 3.8) is 0 Å². The first-order valence-corrected chi connectivity index (χ1v) is 31.2. The number of rotatable bonds is 55. The minimum absolute atomic E-state index is 0.0281. The van der Waals surface area contributed by atoms with Gasteiger partial charge in [0.05, 0.1) is 27.7 Å². The molecule has 0 amide bonds. The van der Waals surface area contributed by atoms with Crippen LogP contribution in [0.3, 0.4) is 0 Å². The first-order valence-electron chi connectivity index (χ1n) is 29.7. The van der Waals surface area contributed by atoms with Crippen LogP contribution in [0.1, 0.15) is 284 Å². The summed E-state index contributed by atoms with van der Waals surface area (Å²) in [5, 5.41) is 0. The predicted octanol–water partition coefficient (Wildman–Crippen LogP) is 17.7. The molecular weight excluding hydrogens is 894 g/mol. The van der Waals surface area contributed by atoms with E-state index < -0.39 is 26.5 Å². The first-order chi connectivity index (χ1) is 34.0. The number of ether oxygens (including phenoxy) is 2. The maximum Gasteiger partial charge on any atom is 0.306 e. The van der Waals surface area contributed by atoms with Crippen molar-refractivity contribution in [2.75, 3.05) is 47.5 Å². The van der Waals surface area contributed by atoms with E-state index in [0.29, 0.717) is 17.4 Å². The van der Waals surface area contributed by atoms with E-state index in [1.54, 1.807) is 0 Å². The maximum absolute atomic E-state index is 12.8. The van der Waals surface area contributed by atoms with E-state index in [1.165, 1.54) is 205 Å². The Morgan fingerprint density at radius 3 is 1.14 bits per heavy atom. The standard InChI is InChI=1S/C60H114NO8P/c1-6-8-10-12-14-16-18-20-21-22-23-24-25-26-27-28-29-30-31-32-33-34-35-36-37-38-39-41-43-45-47-49-51-53-60(63)69-58(57-68-70(64,65)67-55-54-61(3,4)5)56-66-59(62)52-50-48-46-44-42-40-19-17-15-13-11-9-7-2/h18,20,22-23,25-26,58H,6-17,19,21,24,27-57H2,1-5H3/b20-18-,23-22-,26-25-. The molecule has 0 radical (unpaired) electrons. The van der Waals surface area contributed by atoms with Gasteiger partial charge in [-0.3, -0.25) is 14.2 Å². The number of phosphoric acid groups is 1. The number of hydrogen-bond acceptors (Lipinski definition) is 8. The molecule has 0 bridgehead atoms. The van der Waals surface area contributed by atoms with Crippen molar-refractivity contribution in [3.8, 4) is 0 Å². The summed E-state index contributed by atoms with van der Waals surface area (Å²) in [6, 6.07) is 0. The molecule has 0 aliphatic carbocycles. The molecule has 10 heteroatoms. The van der Waals surface area contributed by atoms with Gasteiger partial charge in [-0.25, -0.2) is 0 Å². The number of nitrogens with zero attached hydrogens (tertiary/aromatic N) is 1. The van der Waals surface area contributed by atoms with Gasteiger partial charge in [-0.2, -0.15) is 0 Å². The van der Waals surface area contributed by atoms with Crippen molar-refractivity contribution >= 4 is 19.8 Å². The fourth-order valence-corrected chi connectivity index (χ4v) is 9.28. The van der Waals surface area contributed by atoms with Crippen LogP contribution in [0.25, 0.3) is 0 Å². The molecule has 2 unspecified atom stereocenters. The lowest BCUT2D eigenvalue weighted by atomic mass is 10.0. The Bertz CT molecular complexity index is 1280. The number of carbonyl (C=O) groups excluding carboxylic acids is 2. The molecule has 0 aromatic carbocycles. The van der Waals surface area contributed by atoms with Gasteiger partial charge in [0.15, 0.2) is 6.10 Å². The molecule has 9 nitrogen and oxygen atoms in total. The third-order valence-corrected chi connectivity index (χ3v) is 14.1. The molecule has 412 valence electrons. The van der Waals surface area contributed by atoms with Crippen LogP contribution in [-0.2, 0) is 32.7 Å². The van der Waals surface area contributed by atoms with E-state index in [2.05, 4.69) is 50.3 Å². The number of unbranched alkanes of at least 4 members (excludes halogenated alkanes) is 35. The molecule has 0 aliphatic heterocycles. The minimum Gasteiger partial charge on any atom is -0.756 e. The van der Waals surface area contributed by atoms with Crippen molar-refractivity contribution in [1.82, 2.24) is 0 Å². The summed E-state index contributed by atoms with van der Waals surface area (Å²) in [5.74, 6) is -0.820. The molecular formula is C60H114NO8P. The Kier molecular flexibility index (Phi) is 50.8. The van der Waals surface area contributed by atoms with E-state index in [1.807, 2.05) is 21.1 Å². The van der Waals surface area contributed by atoms with Gasteiger partial charge in [0.25, 0.3) is 7.82 Å². The van der Waals surface area contributed by atoms with Gasteiger partial charge in [-0.15, -0.1) is 0 Å². The molecule has 0 heterocycles. The second kappa shape index (κ2) is 52.1. The largest absolute Gasteiger partial charge is 0.756 e. The molecule has 0 saturated heterocycles. The van der Waals surface area contributed by atoms with Gasteiger partial charge in [-0.05, 0) is 51.4 Å². The molecule has 70 heavy (non-hydrogen) atoms. The lowest BCUT2D eigenvalue weighted by Gasteiger charge is -2.28. The van der Waals surface area contributed by atoms with Crippen molar-refractivity contribution < 1.29 is 42.1 Å². The summed E-state index contributed by atoms with van der Waals surface area (Å²) in [6.07, 6.45) is 63.5. The smallest absolute Gasteiger partial charge is 0.306 e. The number of carbonyl (C=O) groups is 2. The van der Waals surface area contributed by atoms with Crippen molar-refractivity contribution in [2.45, 2.75) is 290 Å². The molecule has 0 aromatic rings. The molecule has 0 aromatic heterocycles. The van der Waals surface area contributed by atoms with Crippen molar-refractivity contribution in [3.05, 3.63) is 36.5 Å². The zero-order valence-corrected chi connectivity index (χ0v) is 47.6. The Balaban J connectivity index is 3.99. The monoisotopic (exact) mass is 1010 g/mol. The number of allylic oxidation sites excluding steroid dienone is 6. The fraction of sp³-hybridized carbons (Fsp3) is 0.867. The second-order valence-corrected chi connectivity index (χ2v) is 22.8. The summed E-state index contributed by atoms with van der Waals surface area (Å²) >= 11 is 0. The Morgan fingerprint density at radius 1 is 0.443 bits per heavy atom. The zero-order valence-electron chi connectivity index (χ0n) is 46.7. The van der Waals surface area contributed by atoms with Crippen LogP contribution in [0.4, 0.5) is 0 Å². The highest BCUT2D eigenvalue weighted by Crippen LogP contribution is 2.38. The van der Waals surface area contributed by atoms with E-state index in [4.69, 9.17) is 18.5 Å². The Hall–Kier alpha value is -1.77. The first kappa shape index (κ1) is 68.2. The van der Waals surface area contributed by atoms with Gasteiger partial charge >= 0.3 is 11.9 Å². The van der Waals surface area contributed by atoms with Crippen LogP contribution in [0.5, 0.6) is 0 Å². The van der Waals surface area contributed by atoms with E-state index in [9.17, 15) is 19.0 Å². The van der Waals surface area contributed by atoms with Gasteiger partial charge in [-0.1, -0.05) is 256 Å². The molecule has 0 spiro atoms. The molecule has 0 saturated carbocycles. The highest BCUT2D eigenvalue weighted by Gasteiger charge is 2.22. The summed E-state index contributed by atoms with van der Waals surface area (Å²) in [6.45, 7) is 4.26. The normalized spacial score (nSPS) is 13.5. The molecule has 0 N–H and O–H groups in total. The third kappa shape index (κ3) is 55.5. The molecule has 0 rings (SSSR count). The van der Waals surface area contributed by atoms with Crippen LogP contribution in [0, 0.1) is 0 Å². The Labute approximate surface area is 433 Å².